The molecule has 7 nitrogen and oxygen atoms in total. The Morgan fingerprint density at radius 1 is 1.19 bits per heavy atom. The lowest BCUT2D eigenvalue weighted by molar-refractivity contribution is 0.0677. The number of hydrogen-bond donors (Lipinski definition) is 1. The van der Waals surface area contributed by atoms with Crippen molar-refractivity contribution in [3.8, 4) is 11.4 Å². The second-order valence-corrected chi connectivity index (χ2v) is 6.39. The standard InChI is InChI=1S/C19H19N5O2/c25-18-15(6-7-17(22-18)16-5-1-2-8-21-16)19(26)23-10-3-4-14(12-23)24-11-9-20-13-24/h1-2,5-9,11,13-14H,3-4,10,12H2,(H,22,25)/t14-/m1/s1. The molecule has 26 heavy (non-hydrogen) atoms. The number of pyridine rings is 2. The highest BCUT2D eigenvalue weighted by molar-refractivity contribution is 5.94. The Hall–Kier alpha value is -3.22. The quantitative estimate of drug-likeness (QED) is 0.785. The van der Waals surface area contributed by atoms with Gasteiger partial charge in [0.05, 0.1) is 23.8 Å². The predicted octanol–water partition coefficient (Wildman–Crippen LogP) is 2.11. The van der Waals surface area contributed by atoms with E-state index in [9.17, 15) is 9.59 Å². The molecule has 0 radical (unpaired) electrons. The Balaban J connectivity index is 1.55. The first-order valence-electron chi connectivity index (χ1n) is 8.64. The average molecular weight is 349 g/mol. The van der Waals surface area contributed by atoms with Crippen molar-refractivity contribution in [2.75, 3.05) is 13.1 Å². The second kappa shape index (κ2) is 6.95. The van der Waals surface area contributed by atoms with E-state index < -0.39 is 0 Å². The maximum Gasteiger partial charge on any atom is 0.261 e. The summed E-state index contributed by atoms with van der Waals surface area (Å²) < 4.78 is 2.02. The Morgan fingerprint density at radius 3 is 2.85 bits per heavy atom. The van der Waals surface area contributed by atoms with Crippen LogP contribution in [-0.4, -0.2) is 43.4 Å². The van der Waals surface area contributed by atoms with Crippen LogP contribution in [0.2, 0.25) is 0 Å². The molecule has 1 amide bonds. The van der Waals surface area contributed by atoms with Gasteiger partial charge >= 0.3 is 0 Å². The number of nitrogens with one attached hydrogen (secondary N) is 1. The van der Waals surface area contributed by atoms with Gasteiger partial charge < -0.3 is 14.5 Å². The highest BCUT2D eigenvalue weighted by Crippen LogP contribution is 2.22. The minimum Gasteiger partial charge on any atom is -0.336 e. The van der Waals surface area contributed by atoms with E-state index in [-0.39, 0.29) is 23.1 Å². The van der Waals surface area contributed by atoms with Gasteiger partial charge in [-0.25, -0.2) is 4.98 Å². The molecule has 1 N–H and O–H groups in total. The molecule has 0 spiro atoms. The molecule has 4 heterocycles. The third-order valence-corrected chi connectivity index (χ3v) is 4.71. The van der Waals surface area contributed by atoms with Crippen molar-refractivity contribution in [1.29, 1.82) is 0 Å². The molecule has 0 aromatic carbocycles. The fraction of sp³-hybridized carbons (Fsp3) is 0.263. The summed E-state index contributed by atoms with van der Waals surface area (Å²) in [6, 6.07) is 8.99. The van der Waals surface area contributed by atoms with Gasteiger partial charge in [0.25, 0.3) is 11.5 Å². The lowest BCUT2D eigenvalue weighted by Gasteiger charge is -2.33. The maximum atomic E-state index is 12.8. The van der Waals surface area contributed by atoms with Gasteiger partial charge in [0.1, 0.15) is 5.56 Å². The summed E-state index contributed by atoms with van der Waals surface area (Å²) in [5.41, 5.74) is 1.04. The summed E-state index contributed by atoms with van der Waals surface area (Å²) in [6.07, 6.45) is 8.98. The van der Waals surface area contributed by atoms with E-state index >= 15 is 0 Å². The summed E-state index contributed by atoms with van der Waals surface area (Å²) in [5, 5.41) is 0. The van der Waals surface area contributed by atoms with Gasteiger partial charge in [-0.15, -0.1) is 0 Å². The molecule has 0 aliphatic carbocycles. The Labute approximate surface area is 150 Å². The number of amides is 1. The van der Waals surface area contributed by atoms with Crippen LogP contribution in [0.15, 0.2) is 60.0 Å². The van der Waals surface area contributed by atoms with E-state index in [1.165, 1.54) is 0 Å². The summed E-state index contributed by atoms with van der Waals surface area (Å²) in [6.45, 7) is 1.24. The van der Waals surface area contributed by atoms with Crippen LogP contribution in [0.25, 0.3) is 11.4 Å². The van der Waals surface area contributed by atoms with Crippen LogP contribution in [0.5, 0.6) is 0 Å². The van der Waals surface area contributed by atoms with Gasteiger partial charge in [0.15, 0.2) is 0 Å². The van der Waals surface area contributed by atoms with Crippen LogP contribution < -0.4 is 5.56 Å². The van der Waals surface area contributed by atoms with Crippen LogP contribution in [0.1, 0.15) is 29.2 Å². The molecule has 0 unspecified atom stereocenters. The van der Waals surface area contributed by atoms with Crippen molar-refractivity contribution < 1.29 is 4.79 Å². The predicted molar refractivity (Wildman–Crippen MR) is 96.7 cm³/mol. The van der Waals surface area contributed by atoms with E-state index in [2.05, 4.69) is 15.0 Å². The monoisotopic (exact) mass is 349 g/mol. The minimum absolute atomic E-state index is 0.163. The number of piperidine rings is 1. The lowest BCUT2D eigenvalue weighted by atomic mass is 10.0. The summed E-state index contributed by atoms with van der Waals surface area (Å²) >= 11 is 0. The minimum atomic E-state index is -0.386. The number of aromatic amines is 1. The Bertz CT molecular complexity index is 950. The first-order chi connectivity index (χ1) is 12.7. The first kappa shape index (κ1) is 16.3. The molecular weight excluding hydrogens is 330 g/mol. The third-order valence-electron chi connectivity index (χ3n) is 4.71. The fourth-order valence-electron chi connectivity index (χ4n) is 3.35. The molecule has 1 aliphatic heterocycles. The van der Waals surface area contributed by atoms with Crippen LogP contribution >= 0.6 is 0 Å². The fourth-order valence-corrected chi connectivity index (χ4v) is 3.35. The largest absolute Gasteiger partial charge is 0.336 e. The first-order valence-corrected chi connectivity index (χ1v) is 8.64. The molecule has 0 bridgehead atoms. The Morgan fingerprint density at radius 2 is 2.12 bits per heavy atom. The topological polar surface area (TPSA) is 83.9 Å². The number of carbonyl (C=O) groups excluding carboxylic acids is 1. The number of aromatic nitrogens is 4. The van der Waals surface area contributed by atoms with Crippen LogP contribution in [0.3, 0.4) is 0 Å². The molecule has 1 aliphatic rings. The molecule has 0 saturated carbocycles. The molecule has 3 aromatic heterocycles. The highest BCUT2D eigenvalue weighted by Gasteiger charge is 2.26. The van der Waals surface area contributed by atoms with E-state index in [1.807, 2.05) is 29.0 Å². The van der Waals surface area contributed by atoms with Crippen LogP contribution in [0, 0.1) is 0 Å². The highest BCUT2D eigenvalue weighted by atomic mass is 16.2. The zero-order chi connectivity index (χ0) is 17.9. The maximum absolute atomic E-state index is 12.8. The van der Waals surface area contributed by atoms with Gasteiger partial charge in [-0.1, -0.05) is 6.07 Å². The smallest absolute Gasteiger partial charge is 0.261 e. The molecular formula is C19H19N5O2. The van der Waals surface area contributed by atoms with Crippen LogP contribution in [0.4, 0.5) is 0 Å². The van der Waals surface area contributed by atoms with Crippen molar-refractivity contribution in [2.24, 2.45) is 0 Å². The van der Waals surface area contributed by atoms with Gasteiger partial charge in [-0.05, 0) is 37.1 Å². The molecule has 4 rings (SSSR count). The normalized spacial score (nSPS) is 17.2. The van der Waals surface area contributed by atoms with Gasteiger partial charge in [0, 0.05) is 31.7 Å². The van der Waals surface area contributed by atoms with Gasteiger partial charge in [-0.3, -0.25) is 14.6 Å². The molecule has 1 fully saturated rings. The summed E-state index contributed by atoms with van der Waals surface area (Å²) in [4.78, 5) is 38.1. The third kappa shape index (κ3) is 3.15. The number of likely N-dealkylation sites (tertiary alicyclic amines) is 1. The lowest BCUT2D eigenvalue weighted by Crippen LogP contribution is -2.42. The number of H-pyrrole nitrogens is 1. The Kier molecular flexibility index (Phi) is 4.35. The van der Waals surface area contributed by atoms with Crippen molar-refractivity contribution in [1.82, 2.24) is 24.4 Å². The van der Waals surface area contributed by atoms with E-state index in [0.717, 1.165) is 12.8 Å². The van der Waals surface area contributed by atoms with Crippen molar-refractivity contribution >= 4 is 5.91 Å². The van der Waals surface area contributed by atoms with Crippen molar-refractivity contribution in [3.63, 3.8) is 0 Å². The van der Waals surface area contributed by atoms with E-state index in [4.69, 9.17) is 0 Å². The number of imidazole rings is 1. The van der Waals surface area contributed by atoms with Crippen LogP contribution in [-0.2, 0) is 0 Å². The van der Waals surface area contributed by atoms with Crippen molar-refractivity contribution in [2.45, 2.75) is 18.9 Å². The molecule has 1 saturated heterocycles. The summed E-state index contributed by atoms with van der Waals surface area (Å²) in [7, 11) is 0. The number of nitrogens with zero attached hydrogens (tertiary/aromatic N) is 4. The van der Waals surface area contributed by atoms with Gasteiger partial charge in [-0.2, -0.15) is 0 Å². The molecule has 1 atom stereocenters. The number of hydrogen-bond acceptors (Lipinski definition) is 4. The van der Waals surface area contributed by atoms with E-state index in [1.54, 1.807) is 35.8 Å². The molecule has 7 heteroatoms. The molecule has 132 valence electrons. The summed E-state index contributed by atoms with van der Waals surface area (Å²) in [5.74, 6) is -0.233. The second-order valence-electron chi connectivity index (χ2n) is 6.39. The SMILES string of the molecule is O=C(c1ccc(-c2ccccn2)[nH]c1=O)N1CCC[C@@H](n2ccnc2)C1. The zero-order valence-corrected chi connectivity index (χ0v) is 14.2. The average Bonchev–Trinajstić information content (AvgIpc) is 3.23. The zero-order valence-electron chi connectivity index (χ0n) is 14.2. The van der Waals surface area contributed by atoms with E-state index in [0.29, 0.717) is 24.5 Å². The molecule has 3 aromatic rings. The van der Waals surface area contributed by atoms with Crippen molar-refractivity contribution in [3.05, 3.63) is 71.2 Å². The van der Waals surface area contributed by atoms with Gasteiger partial charge in [0.2, 0.25) is 0 Å². The number of rotatable bonds is 3. The number of carbonyl (C=O) groups is 1.